The molecule has 4 rings (SSSR count). The van der Waals surface area contributed by atoms with Crippen LogP contribution >= 0.6 is 23.2 Å². The van der Waals surface area contributed by atoms with E-state index >= 15 is 0 Å². The molecule has 36 heavy (non-hydrogen) atoms. The Hall–Kier alpha value is -1.91. The predicted molar refractivity (Wildman–Crippen MR) is 145 cm³/mol. The number of piperidine rings is 1. The fourth-order valence-corrected chi connectivity index (χ4v) is 6.29. The van der Waals surface area contributed by atoms with Gasteiger partial charge in [-0.15, -0.1) is 0 Å². The van der Waals surface area contributed by atoms with Crippen molar-refractivity contribution in [2.45, 2.75) is 38.1 Å². The molecule has 0 radical (unpaired) electrons. The number of likely N-dealkylation sites (tertiary alicyclic amines) is 1. The lowest BCUT2D eigenvalue weighted by Gasteiger charge is -2.36. The van der Waals surface area contributed by atoms with Gasteiger partial charge in [0.2, 0.25) is 10.0 Å². The number of pyridine rings is 1. The smallest absolute Gasteiger partial charge is 0.254 e. The first kappa shape index (κ1) is 27.1. The lowest BCUT2D eigenvalue weighted by molar-refractivity contribution is 0.0749. The number of amides is 1. The van der Waals surface area contributed by atoms with Crippen LogP contribution in [-0.4, -0.2) is 85.5 Å². The second kappa shape index (κ2) is 11.6. The number of nitrogens with one attached hydrogen (secondary N) is 1. The Morgan fingerprint density at radius 2 is 1.81 bits per heavy atom. The number of carbonyl (C=O) groups is 1. The molecule has 0 bridgehead atoms. The van der Waals surface area contributed by atoms with Crippen LogP contribution in [0.3, 0.4) is 0 Å². The van der Waals surface area contributed by atoms with Crippen LogP contribution in [-0.2, 0) is 16.4 Å². The van der Waals surface area contributed by atoms with E-state index in [1.807, 2.05) is 4.90 Å². The Kier molecular flexibility index (Phi) is 8.78. The number of anilines is 2. The minimum atomic E-state index is -3.16. The molecule has 8 nitrogen and oxygen atoms in total. The van der Waals surface area contributed by atoms with Gasteiger partial charge in [0.15, 0.2) is 0 Å². The summed E-state index contributed by atoms with van der Waals surface area (Å²) in [5.41, 5.74) is 2.33. The van der Waals surface area contributed by atoms with E-state index in [4.69, 9.17) is 23.2 Å². The van der Waals surface area contributed by atoms with Gasteiger partial charge in [0.1, 0.15) is 5.82 Å². The number of rotatable bonds is 8. The van der Waals surface area contributed by atoms with Crippen molar-refractivity contribution in [1.82, 2.24) is 19.1 Å². The van der Waals surface area contributed by atoms with Crippen LogP contribution in [0.5, 0.6) is 0 Å². The Labute approximate surface area is 223 Å². The molecule has 196 valence electrons. The van der Waals surface area contributed by atoms with E-state index < -0.39 is 10.0 Å². The summed E-state index contributed by atoms with van der Waals surface area (Å²) in [6.07, 6.45) is 7.08. The fraction of sp³-hybridized carbons (Fsp3) is 0.520. The highest BCUT2D eigenvalue weighted by Gasteiger charge is 2.28. The summed E-state index contributed by atoms with van der Waals surface area (Å²) in [5.74, 6) is 0.688. The van der Waals surface area contributed by atoms with Gasteiger partial charge in [0.25, 0.3) is 5.91 Å². The molecule has 2 aliphatic rings. The van der Waals surface area contributed by atoms with Crippen LogP contribution in [0, 0.1) is 0 Å². The molecule has 0 unspecified atom stereocenters. The standard InChI is InChI=1S/C25H33Cl2N5O3S/c1-30(36(2,34)35)21-7-13-31(14-8-21)10-4-12-32-11-3-5-22-23(25(32)33)6-9-28-24(22)29-20-16-18(26)15-19(27)17-20/h6,9,15-17,21H,3-5,7-8,10-14H2,1-2H3,(H,28,29). The van der Waals surface area contributed by atoms with Crippen LogP contribution in [0.25, 0.3) is 0 Å². The van der Waals surface area contributed by atoms with Crippen molar-refractivity contribution in [3.8, 4) is 0 Å². The van der Waals surface area contributed by atoms with Gasteiger partial charge < -0.3 is 15.1 Å². The summed E-state index contributed by atoms with van der Waals surface area (Å²) in [7, 11) is -1.49. The normalized spacial score (nSPS) is 17.8. The number of sulfonamides is 1. The van der Waals surface area contributed by atoms with Crippen molar-refractivity contribution in [3.05, 3.63) is 51.6 Å². The van der Waals surface area contributed by atoms with Gasteiger partial charge in [-0.2, -0.15) is 0 Å². The molecule has 2 aromatic rings. The quantitative estimate of drug-likeness (QED) is 0.525. The second-order valence-electron chi connectivity index (χ2n) is 9.57. The van der Waals surface area contributed by atoms with E-state index in [0.29, 0.717) is 34.5 Å². The molecular formula is C25H33Cl2N5O3S. The fourth-order valence-electron chi connectivity index (χ4n) is 5.01. The lowest BCUT2D eigenvalue weighted by Crippen LogP contribution is -2.45. The van der Waals surface area contributed by atoms with E-state index in [9.17, 15) is 13.2 Å². The number of nitrogens with zero attached hydrogens (tertiary/aromatic N) is 4. The van der Waals surface area contributed by atoms with Crippen molar-refractivity contribution in [3.63, 3.8) is 0 Å². The second-order valence-corrected chi connectivity index (χ2v) is 12.5. The molecule has 2 aliphatic heterocycles. The molecule has 1 saturated heterocycles. The van der Waals surface area contributed by atoms with E-state index in [1.165, 1.54) is 10.6 Å². The number of aromatic nitrogens is 1. The number of halogens is 2. The molecule has 1 aromatic carbocycles. The van der Waals surface area contributed by atoms with Gasteiger partial charge in [-0.05, 0) is 76.0 Å². The Morgan fingerprint density at radius 3 is 2.47 bits per heavy atom. The zero-order valence-corrected chi connectivity index (χ0v) is 23.0. The van der Waals surface area contributed by atoms with Crippen LogP contribution in [0.15, 0.2) is 30.5 Å². The van der Waals surface area contributed by atoms with Crippen LogP contribution < -0.4 is 5.32 Å². The number of carbonyl (C=O) groups excluding carboxylic acids is 1. The van der Waals surface area contributed by atoms with Gasteiger partial charge in [-0.25, -0.2) is 17.7 Å². The SMILES string of the molecule is CN(C1CCN(CCCN2CCCc3c(ccnc3Nc3cc(Cl)cc(Cl)c3)C2=O)CC1)S(C)(=O)=O. The largest absolute Gasteiger partial charge is 0.340 e. The summed E-state index contributed by atoms with van der Waals surface area (Å²) >= 11 is 12.3. The average Bonchev–Trinajstić information content (AvgIpc) is 2.97. The lowest BCUT2D eigenvalue weighted by atomic mass is 10.0. The molecule has 0 saturated carbocycles. The molecule has 0 aliphatic carbocycles. The van der Waals surface area contributed by atoms with Gasteiger partial charge in [0, 0.05) is 59.2 Å². The summed E-state index contributed by atoms with van der Waals surface area (Å²) in [4.78, 5) is 22.2. The van der Waals surface area contributed by atoms with Crippen LogP contribution in [0.2, 0.25) is 10.0 Å². The monoisotopic (exact) mass is 553 g/mol. The zero-order chi connectivity index (χ0) is 25.9. The van der Waals surface area contributed by atoms with E-state index in [2.05, 4.69) is 15.2 Å². The third-order valence-corrected chi connectivity index (χ3v) is 8.83. The summed E-state index contributed by atoms with van der Waals surface area (Å²) < 4.78 is 25.1. The average molecular weight is 555 g/mol. The third kappa shape index (κ3) is 6.69. The summed E-state index contributed by atoms with van der Waals surface area (Å²) in [6.45, 7) is 4.03. The van der Waals surface area contributed by atoms with Gasteiger partial charge >= 0.3 is 0 Å². The molecule has 0 atom stereocenters. The first-order valence-corrected chi connectivity index (χ1v) is 14.9. The topological polar surface area (TPSA) is 85.8 Å². The maximum absolute atomic E-state index is 13.4. The molecule has 11 heteroatoms. The molecule has 1 fully saturated rings. The number of fused-ring (bicyclic) bond motifs is 1. The summed E-state index contributed by atoms with van der Waals surface area (Å²) in [6, 6.07) is 7.10. The van der Waals surface area contributed by atoms with Crippen molar-refractivity contribution in [2.24, 2.45) is 0 Å². The highest BCUT2D eigenvalue weighted by molar-refractivity contribution is 7.88. The maximum Gasteiger partial charge on any atom is 0.254 e. The molecule has 1 N–H and O–H groups in total. The first-order chi connectivity index (χ1) is 17.1. The molecule has 1 aromatic heterocycles. The number of benzene rings is 1. The minimum Gasteiger partial charge on any atom is -0.340 e. The van der Waals surface area contributed by atoms with Gasteiger partial charge in [0.05, 0.1) is 6.26 Å². The highest BCUT2D eigenvalue weighted by Crippen LogP contribution is 2.29. The van der Waals surface area contributed by atoms with E-state index in [-0.39, 0.29) is 11.9 Å². The Balaban J connectivity index is 1.34. The predicted octanol–water partition coefficient (Wildman–Crippen LogP) is 4.27. The zero-order valence-electron chi connectivity index (χ0n) is 20.7. The van der Waals surface area contributed by atoms with Crippen molar-refractivity contribution in [2.75, 3.05) is 51.3 Å². The molecular weight excluding hydrogens is 521 g/mol. The van der Waals surface area contributed by atoms with Crippen molar-refractivity contribution in [1.29, 1.82) is 0 Å². The first-order valence-electron chi connectivity index (χ1n) is 12.3. The minimum absolute atomic E-state index is 0.0329. The molecule has 3 heterocycles. The van der Waals surface area contributed by atoms with E-state index in [1.54, 1.807) is 37.5 Å². The van der Waals surface area contributed by atoms with Gasteiger partial charge in [-0.3, -0.25) is 4.79 Å². The van der Waals surface area contributed by atoms with E-state index in [0.717, 1.165) is 63.0 Å². The number of hydrogen-bond acceptors (Lipinski definition) is 6. The van der Waals surface area contributed by atoms with Crippen LogP contribution in [0.4, 0.5) is 11.5 Å². The summed E-state index contributed by atoms with van der Waals surface area (Å²) in [5, 5.41) is 4.34. The molecule has 1 amide bonds. The Morgan fingerprint density at radius 1 is 1.11 bits per heavy atom. The number of hydrogen-bond donors (Lipinski definition) is 1. The van der Waals surface area contributed by atoms with Crippen molar-refractivity contribution >= 4 is 50.6 Å². The molecule has 0 spiro atoms. The highest BCUT2D eigenvalue weighted by atomic mass is 35.5. The van der Waals surface area contributed by atoms with Crippen molar-refractivity contribution < 1.29 is 13.2 Å². The maximum atomic E-state index is 13.4. The Bertz CT molecular complexity index is 1180. The van der Waals surface area contributed by atoms with Crippen LogP contribution in [0.1, 0.15) is 41.6 Å². The third-order valence-electron chi connectivity index (χ3n) is 7.05. The van der Waals surface area contributed by atoms with Gasteiger partial charge in [-0.1, -0.05) is 23.2 Å².